The molecule has 0 saturated carbocycles. The topological polar surface area (TPSA) is 55.1 Å². The number of aryl methyl sites for hydroxylation is 2. The zero-order valence-electron chi connectivity index (χ0n) is 11.6. The van der Waals surface area contributed by atoms with Crippen LogP contribution in [0, 0.1) is 13.8 Å². The molecule has 0 spiro atoms. The molecule has 112 valence electrons. The van der Waals surface area contributed by atoms with Gasteiger partial charge in [-0.05, 0) is 48.0 Å². The number of hydrogen-bond donors (Lipinski definition) is 1. The lowest BCUT2D eigenvalue weighted by Crippen LogP contribution is -2.14. The number of amides is 1. The molecular formula is C14H14Br2N2O2S. The van der Waals surface area contributed by atoms with Crippen molar-refractivity contribution in [1.29, 1.82) is 0 Å². The number of anilines is 1. The standard InChI is InChI=1S/C14H14Br2N2O2S/c1-8-11(9(2)20-18-8)6-21-7-14(19)17-13-4-3-10(15)5-12(13)16/h3-5H,6-7H2,1-2H3,(H,17,19). The van der Waals surface area contributed by atoms with Crippen LogP contribution in [0.3, 0.4) is 0 Å². The van der Waals surface area contributed by atoms with E-state index < -0.39 is 0 Å². The second kappa shape index (κ2) is 7.47. The van der Waals surface area contributed by atoms with Gasteiger partial charge in [-0.3, -0.25) is 4.79 Å². The van der Waals surface area contributed by atoms with Gasteiger partial charge in [0.25, 0.3) is 0 Å². The number of nitrogens with zero attached hydrogens (tertiary/aromatic N) is 1. The maximum absolute atomic E-state index is 11.9. The zero-order valence-corrected chi connectivity index (χ0v) is 15.6. The van der Waals surface area contributed by atoms with Gasteiger partial charge in [-0.2, -0.15) is 0 Å². The highest BCUT2D eigenvalue weighted by Crippen LogP contribution is 2.26. The van der Waals surface area contributed by atoms with Crippen molar-refractivity contribution in [2.24, 2.45) is 0 Å². The highest BCUT2D eigenvalue weighted by Gasteiger charge is 2.11. The van der Waals surface area contributed by atoms with Crippen molar-refractivity contribution < 1.29 is 9.32 Å². The maximum Gasteiger partial charge on any atom is 0.234 e. The molecule has 0 aliphatic carbocycles. The van der Waals surface area contributed by atoms with Crippen molar-refractivity contribution in [1.82, 2.24) is 5.16 Å². The molecule has 2 aromatic rings. The Balaban J connectivity index is 1.85. The molecule has 0 aliphatic rings. The van der Waals surface area contributed by atoms with E-state index in [9.17, 15) is 4.79 Å². The van der Waals surface area contributed by atoms with E-state index in [0.717, 1.165) is 37.4 Å². The molecule has 0 bridgehead atoms. The third-order valence-electron chi connectivity index (χ3n) is 2.87. The van der Waals surface area contributed by atoms with Crippen molar-refractivity contribution in [3.8, 4) is 0 Å². The molecule has 4 nitrogen and oxygen atoms in total. The van der Waals surface area contributed by atoms with E-state index in [4.69, 9.17) is 4.52 Å². The molecule has 0 atom stereocenters. The molecule has 1 aromatic heterocycles. The maximum atomic E-state index is 11.9. The first-order valence-corrected chi connectivity index (χ1v) is 8.96. The van der Waals surface area contributed by atoms with Gasteiger partial charge in [-0.15, -0.1) is 11.8 Å². The summed E-state index contributed by atoms with van der Waals surface area (Å²) in [5.74, 6) is 1.88. The molecule has 2 rings (SSSR count). The number of halogens is 2. The Labute approximate surface area is 144 Å². The summed E-state index contributed by atoms with van der Waals surface area (Å²) in [5, 5.41) is 6.78. The fraction of sp³-hybridized carbons (Fsp3) is 0.286. The molecule has 0 unspecified atom stereocenters. The largest absolute Gasteiger partial charge is 0.361 e. The number of aromatic nitrogens is 1. The molecule has 0 aliphatic heterocycles. The Morgan fingerprint density at radius 1 is 1.38 bits per heavy atom. The summed E-state index contributed by atoms with van der Waals surface area (Å²) >= 11 is 8.34. The molecular weight excluding hydrogens is 420 g/mol. The van der Waals surface area contributed by atoms with Gasteiger partial charge >= 0.3 is 0 Å². The summed E-state index contributed by atoms with van der Waals surface area (Å²) < 4.78 is 6.91. The van der Waals surface area contributed by atoms with Gasteiger partial charge in [0.05, 0.1) is 17.1 Å². The number of rotatable bonds is 5. The van der Waals surface area contributed by atoms with E-state index in [2.05, 4.69) is 42.3 Å². The molecule has 0 saturated heterocycles. The first-order valence-electron chi connectivity index (χ1n) is 6.21. The van der Waals surface area contributed by atoms with Crippen molar-refractivity contribution >= 4 is 55.2 Å². The number of benzene rings is 1. The normalized spacial score (nSPS) is 10.7. The number of hydrogen-bond acceptors (Lipinski definition) is 4. The molecule has 1 aromatic carbocycles. The SMILES string of the molecule is Cc1noc(C)c1CSCC(=O)Nc1ccc(Br)cc1Br. The molecule has 0 fully saturated rings. The third-order valence-corrected chi connectivity index (χ3v) is 4.97. The Morgan fingerprint density at radius 3 is 2.76 bits per heavy atom. The lowest BCUT2D eigenvalue weighted by atomic mass is 10.2. The average Bonchev–Trinajstić information content (AvgIpc) is 2.74. The fourth-order valence-electron chi connectivity index (χ4n) is 1.73. The monoisotopic (exact) mass is 432 g/mol. The van der Waals surface area contributed by atoms with Crippen LogP contribution in [0.1, 0.15) is 17.0 Å². The second-order valence-corrected chi connectivity index (χ2v) is 7.22. The first-order chi connectivity index (χ1) is 9.97. The van der Waals surface area contributed by atoms with Crippen LogP contribution >= 0.6 is 43.6 Å². The Bertz CT molecular complexity index is 639. The van der Waals surface area contributed by atoms with Gasteiger partial charge in [0.2, 0.25) is 5.91 Å². The summed E-state index contributed by atoms with van der Waals surface area (Å²) in [5.41, 5.74) is 2.72. The predicted molar refractivity (Wildman–Crippen MR) is 92.6 cm³/mol. The van der Waals surface area contributed by atoms with Crippen LogP contribution in [0.2, 0.25) is 0 Å². The summed E-state index contributed by atoms with van der Waals surface area (Å²) in [7, 11) is 0. The van der Waals surface area contributed by atoms with Crippen molar-refractivity contribution in [3.05, 3.63) is 44.2 Å². The highest BCUT2D eigenvalue weighted by atomic mass is 79.9. The van der Waals surface area contributed by atoms with Crippen LogP contribution in [0.15, 0.2) is 31.7 Å². The highest BCUT2D eigenvalue weighted by molar-refractivity contribution is 9.11. The van der Waals surface area contributed by atoms with E-state index in [1.54, 1.807) is 0 Å². The minimum Gasteiger partial charge on any atom is -0.361 e. The van der Waals surface area contributed by atoms with Crippen molar-refractivity contribution in [3.63, 3.8) is 0 Å². The summed E-state index contributed by atoms with van der Waals surface area (Å²) in [6, 6.07) is 5.63. The molecule has 21 heavy (non-hydrogen) atoms. The number of carbonyl (C=O) groups is 1. The number of carbonyl (C=O) groups excluding carboxylic acids is 1. The van der Waals surface area contributed by atoms with Crippen LogP contribution in [-0.2, 0) is 10.5 Å². The van der Waals surface area contributed by atoms with Crippen molar-refractivity contribution in [2.75, 3.05) is 11.1 Å². The first kappa shape index (κ1) is 16.6. The number of thioether (sulfide) groups is 1. The molecule has 1 heterocycles. The Hall–Kier alpha value is -0.790. The molecule has 1 amide bonds. The predicted octanol–water partition coefficient (Wildman–Crippen LogP) is 4.69. The zero-order chi connectivity index (χ0) is 15.4. The summed E-state index contributed by atoms with van der Waals surface area (Å²) in [6.45, 7) is 3.79. The van der Waals surface area contributed by atoms with Crippen LogP contribution in [0.25, 0.3) is 0 Å². The van der Waals surface area contributed by atoms with Gasteiger partial charge in [0.1, 0.15) is 5.76 Å². The van der Waals surface area contributed by atoms with Gasteiger partial charge < -0.3 is 9.84 Å². The van der Waals surface area contributed by atoms with E-state index >= 15 is 0 Å². The summed E-state index contributed by atoms with van der Waals surface area (Å²) in [6.07, 6.45) is 0. The second-order valence-electron chi connectivity index (χ2n) is 4.47. The lowest BCUT2D eigenvalue weighted by molar-refractivity contribution is -0.113. The lowest BCUT2D eigenvalue weighted by Gasteiger charge is -2.07. The number of nitrogens with one attached hydrogen (secondary N) is 1. The van der Waals surface area contributed by atoms with Crippen LogP contribution < -0.4 is 5.32 Å². The quantitative estimate of drug-likeness (QED) is 0.743. The van der Waals surface area contributed by atoms with Crippen LogP contribution in [-0.4, -0.2) is 16.8 Å². The molecule has 0 radical (unpaired) electrons. The van der Waals surface area contributed by atoms with Gasteiger partial charge in [0.15, 0.2) is 0 Å². The Kier molecular flexibility index (Phi) is 5.89. The van der Waals surface area contributed by atoms with Crippen molar-refractivity contribution in [2.45, 2.75) is 19.6 Å². The van der Waals surface area contributed by atoms with Gasteiger partial charge in [-0.1, -0.05) is 21.1 Å². The Morgan fingerprint density at radius 2 is 2.14 bits per heavy atom. The minimum atomic E-state index is -0.0326. The van der Waals surface area contributed by atoms with Crippen LogP contribution in [0.4, 0.5) is 5.69 Å². The third kappa shape index (κ3) is 4.59. The summed E-state index contributed by atoms with van der Waals surface area (Å²) in [4.78, 5) is 11.9. The molecule has 7 heteroatoms. The smallest absolute Gasteiger partial charge is 0.234 e. The van der Waals surface area contributed by atoms with Crippen LogP contribution in [0.5, 0.6) is 0 Å². The fourth-order valence-corrected chi connectivity index (χ4v) is 3.85. The van der Waals surface area contributed by atoms with E-state index in [-0.39, 0.29) is 5.91 Å². The van der Waals surface area contributed by atoms with E-state index in [1.165, 1.54) is 11.8 Å². The average molecular weight is 434 g/mol. The van der Waals surface area contributed by atoms with Gasteiger partial charge in [-0.25, -0.2) is 0 Å². The van der Waals surface area contributed by atoms with E-state index in [0.29, 0.717) is 5.75 Å². The minimum absolute atomic E-state index is 0.0326. The molecule has 1 N–H and O–H groups in total. The van der Waals surface area contributed by atoms with Gasteiger partial charge in [0, 0.05) is 20.3 Å². The van der Waals surface area contributed by atoms with E-state index in [1.807, 2.05) is 32.0 Å².